The van der Waals surface area contributed by atoms with Gasteiger partial charge in [0.2, 0.25) is 0 Å². The van der Waals surface area contributed by atoms with E-state index in [9.17, 15) is 27.9 Å². The Labute approximate surface area is 247 Å². The fourth-order valence-electron chi connectivity index (χ4n) is 6.02. The maximum atomic E-state index is 14.1. The second-order valence-corrected chi connectivity index (χ2v) is 10.9. The number of pyridine rings is 1. The molecule has 2 aliphatic rings. The lowest BCUT2D eigenvalue weighted by molar-refractivity contribution is -0.100. The first-order valence-electron chi connectivity index (χ1n) is 13.8. The number of aromatic carboxylic acids is 1. The van der Waals surface area contributed by atoms with Crippen molar-refractivity contribution in [3.8, 4) is 16.9 Å². The Kier molecular flexibility index (Phi) is 8.05. The normalized spacial score (nSPS) is 22.1. The molecule has 0 radical (unpaired) electrons. The number of aryl methyl sites for hydroxylation is 1. The molecule has 1 aromatic heterocycles. The Morgan fingerprint density at radius 3 is 2.40 bits per heavy atom. The number of cyclic esters (lactones) is 1. The lowest BCUT2D eigenvalue weighted by Gasteiger charge is -2.36. The first-order valence-corrected chi connectivity index (χ1v) is 13.8. The van der Waals surface area contributed by atoms with Crippen LogP contribution in [0.25, 0.3) is 16.7 Å². The number of halogens is 3. The van der Waals surface area contributed by atoms with Crippen LogP contribution in [-0.4, -0.2) is 52.9 Å². The molecule has 1 fully saturated rings. The molecule has 1 aliphatic heterocycles. The van der Waals surface area contributed by atoms with Crippen LogP contribution in [0.1, 0.15) is 47.0 Å². The first kappa shape index (κ1) is 29.9. The number of allylic oxidation sites excluding steroid dienone is 3. The average Bonchev–Trinajstić information content (AvgIpc) is 3.26. The van der Waals surface area contributed by atoms with Crippen molar-refractivity contribution < 1.29 is 37.3 Å². The van der Waals surface area contributed by atoms with E-state index in [2.05, 4.69) is 4.98 Å². The first-order chi connectivity index (χ1) is 20.4. The molecule has 5 rings (SSSR count). The third kappa shape index (κ3) is 5.74. The number of nitrogens with zero attached hydrogens (tertiary/aromatic N) is 2. The summed E-state index contributed by atoms with van der Waals surface area (Å²) in [5, 5.41) is 9.37. The zero-order valence-corrected chi connectivity index (χ0v) is 24.1. The van der Waals surface area contributed by atoms with Gasteiger partial charge in [-0.25, -0.2) is 9.59 Å². The number of benzene rings is 2. The lowest BCUT2D eigenvalue weighted by Crippen LogP contribution is -2.40. The number of aromatic nitrogens is 1. The summed E-state index contributed by atoms with van der Waals surface area (Å²) >= 11 is 0. The summed E-state index contributed by atoms with van der Waals surface area (Å²) in [7, 11) is 1.49. The smallest absolute Gasteiger partial charge is 0.412 e. The quantitative estimate of drug-likeness (QED) is 0.306. The van der Waals surface area contributed by atoms with Gasteiger partial charge >= 0.3 is 18.2 Å². The van der Waals surface area contributed by atoms with Crippen LogP contribution in [0.2, 0.25) is 0 Å². The summed E-state index contributed by atoms with van der Waals surface area (Å²) in [4.78, 5) is 30.1. The monoisotopic (exact) mass is 592 g/mol. The molecular formula is C33H31F3N2O5. The lowest BCUT2D eigenvalue weighted by atomic mass is 9.74. The van der Waals surface area contributed by atoms with Crippen LogP contribution in [0.15, 0.2) is 78.6 Å². The van der Waals surface area contributed by atoms with Crippen LogP contribution >= 0.6 is 0 Å². The number of alkyl halides is 3. The van der Waals surface area contributed by atoms with Crippen molar-refractivity contribution in [3.63, 3.8) is 0 Å². The number of methoxy groups -OCH3 is 1. The van der Waals surface area contributed by atoms with Gasteiger partial charge in [0.1, 0.15) is 11.9 Å². The number of ether oxygens (including phenoxy) is 2. The van der Waals surface area contributed by atoms with Gasteiger partial charge in [-0.1, -0.05) is 31.2 Å². The van der Waals surface area contributed by atoms with E-state index in [1.165, 1.54) is 31.1 Å². The van der Waals surface area contributed by atoms with E-state index in [-0.39, 0.29) is 12.1 Å². The molecule has 1 saturated heterocycles. The van der Waals surface area contributed by atoms with Crippen LogP contribution < -0.4 is 4.74 Å². The number of carbonyl (C=O) groups is 2. The van der Waals surface area contributed by atoms with Crippen molar-refractivity contribution in [2.24, 2.45) is 11.8 Å². The minimum atomic E-state index is -4.55. The Hall–Kier alpha value is -4.60. The molecule has 224 valence electrons. The summed E-state index contributed by atoms with van der Waals surface area (Å²) in [5.41, 5.74) is 3.65. The second-order valence-electron chi connectivity index (χ2n) is 10.9. The highest BCUT2D eigenvalue weighted by molar-refractivity contribution is 5.89. The molecule has 0 saturated carbocycles. The van der Waals surface area contributed by atoms with Crippen LogP contribution in [-0.2, 0) is 4.74 Å². The number of amides is 1. The van der Waals surface area contributed by atoms with E-state index >= 15 is 0 Å². The number of carboxylic acids is 1. The molecule has 1 aliphatic carbocycles. The maximum absolute atomic E-state index is 14.1. The maximum Gasteiger partial charge on any atom is 0.412 e. The van der Waals surface area contributed by atoms with Crippen molar-refractivity contribution in [2.75, 3.05) is 13.7 Å². The Balaban J connectivity index is 1.57. The fourth-order valence-corrected chi connectivity index (χ4v) is 6.02. The number of carboxylic acid groups (broad SMARTS) is 1. The molecule has 43 heavy (non-hydrogen) atoms. The summed E-state index contributed by atoms with van der Waals surface area (Å²) in [6, 6.07) is 13.3. The zero-order chi connectivity index (χ0) is 31.1. The molecule has 3 aromatic rings. The van der Waals surface area contributed by atoms with E-state index in [1.54, 1.807) is 49.6 Å². The third-order valence-corrected chi connectivity index (χ3v) is 8.38. The average molecular weight is 593 g/mol. The Morgan fingerprint density at radius 1 is 1.05 bits per heavy atom. The molecule has 2 heterocycles. The molecule has 7 nitrogen and oxygen atoms in total. The highest BCUT2D eigenvalue weighted by Gasteiger charge is 2.46. The van der Waals surface area contributed by atoms with Gasteiger partial charge in [0.25, 0.3) is 0 Å². The third-order valence-electron chi connectivity index (χ3n) is 8.38. The van der Waals surface area contributed by atoms with E-state index in [1.807, 2.05) is 19.1 Å². The van der Waals surface area contributed by atoms with Crippen molar-refractivity contribution in [1.82, 2.24) is 9.88 Å². The number of hydrogen-bond acceptors (Lipinski definition) is 5. The number of hydrogen-bond donors (Lipinski definition) is 1. The summed E-state index contributed by atoms with van der Waals surface area (Å²) < 4.78 is 53.7. The summed E-state index contributed by atoms with van der Waals surface area (Å²) in [5.74, 6) is -2.30. The van der Waals surface area contributed by atoms with Gasteiger partial charge in [0.15, 0.2) is 0 Å². The highest BCUT2D eigenvalue weighted by Crippen LogP contribution is 2.47. The standard InChI is InChI=1S/C33H31F3N2O5/c1-18-15-23(31(39)40)5-7-24(18)22-6-10-29(42-4)26(16-22)25-8-9-28(33(34,35)36)19(2)27(25)17-38-20(3)30(43-32(38)41)21-11-13-37-14-12-21/h5-16,19-20,27,30H,17H2,1-4H3,(H,39,40)/t19?,20-,27?,30-/m0/s1. The molecule has 0 bridgehead atoms. The van der Waals surface area contributed by atoms with Crippen molar-refractivity contribution in [3.05, 3.63) is 101 Å². The predicted octanol–water partition coefficient (Wildman–Crippen LogP) is 7.48. The Morgan fingerprint density at radius 2 is 1.77 bits per heavy atom. The number of rotatable bonds is 7. The van der Waals surface area contributed by atoms with Gasteiger partial charge < -0.3 is 19.5 Å². The molecule has 0 spiro atoms. The van der Waals surface area contributed by atoms with E-state index in [0.29, 0.717) is 16.9 Å². The molecule has 10 heteroatoms. The van der Waals surface area contributed by atoms with Gasteiger partial charge in [0, 0.05) is 36.0 Å². The highest BCUT2D eigenvalue weighted by atomic mass is 19.4. The van der Waals surface area contributed by atoms with Crippen LogP contribution in [0.3, 0.4) is 0 Å². The van der Waals surface area contributed by atoms with Gasteiger partial charge in [-0.2, -0.15) is 13.2 Å². The van der Waals surface area contributed by atoms with Crippen molar-refractivity contribution >= 4 is 17.6 Å². The molecular weight excluding hydrogens is 561 g/mol. The van der Waals surface area contributed by atoms with Crippen molar-refractivity contribution in [2.45, 2.75) is 39.1 Å². The van der Waals surface area contributed by atoms with Crippen LogP contribution in [0.5, 0.6) is 5.75 Å². The fraction of sp³-hybridized carbons (Fsp3) is 0.303. The molecule has 2 unspecified atom stereocenters. The summed E-state index contributed by atoms with van der Waals surface area (Å²) in [6.45, 7) is 5.13. The summed E-state index contributed by atoms with van der Waals surface area (Å²) in [6.07, 6.45) is 0.0139. The Bertz CT molecular complexity index is 1620. The molecule has 1 amide bonds. The second kappa shape index (κ2) is 11.6. The number of carbonyl (C=O) groups excluding carboxylic acids is 1. The van der Waals surface area contributed by atoms with Gasteiger partial charge in [-0.3, -0.25) is 4.98 Å². The molecule has 4 atom stereocenters. The minimum Gasteiger partial charge on any atom is -0.496 e. The van der Waals surface area contributed by atoms with E-state index < -0.39 is 47.8 Å². The van der Waals surface area contributed by atoms with Gasteiger partial charge in [0.05, 0.1) is 18.7 Å². The van der Waals surface area contributed by atoms with E-state index in [0.717, 1.165) is 28.3 Å². The molecule has 1 N–H and O–H groups in total. The zero-order valence-electron chi connectivity index (χ0n) is 24.1. The van der Waals surface area contributed by atoms with Crippen molar-refractivity contribution in [1.29, 1.82) is 0 Å². The van der Waals surface area contributed by atoms with E-state index in [4.69, 9.17) is 9.47 Å². The van der Waals surface area contributed by atoms with Crippen LogP contribution in [0, 0.1) is 18.8 Å². The van der Waals surface area contributed by atoms with Gasteiger partial charge in [-0.05, 0) is 84.0 Å². The SMILES string of the molecule is COc1ccc(-c2ccc(C(=O)O)cc2C)cc1C1=CC=C(C(F)(F)F)C(C)C1CN1C(=O)O[C@H](c2ccncc2)[C@@H]1C. The van der Waals surface area contributed by atoms with Crippen LogP contribution in [0.4, 0.5) is 18.0 Å². The van der Waals surface area contributed by atoms with Gasteiger partial charge in [-0.15, -0.1) is 0 Å². The topological polar surface area (TPSA) is 89.0 Å². The predicted molar refractivity (Wildman–Crippen MR) is 155 cm³/mol. The largest absolute Gasteiger partial charge is 0.496 e. The minimum absolute atomic E-state index is 0.0122. The molecule has 2 aromatic carbocycles.